The number of aromatic nitrogens is 2. The SMILES string of the molecule is CC(C)(C)OC(=O)Nc1ccc(-c2cc[nH]n2)c(Cl)c1. The van der Waals surface area contributed by atoms with E-state index in [-0.39, 0.29) is 0 Å². The van der Waals surface area contributed by atoms with Crippen molar-refractivity contribution in [1.82, 2.24) is 10.2 Å². The second-order valence-electron chi connectivity index (χ2n) is 5.28. The van der Waals surface area contributed by atoms with E-state index in [1.807, 2.05) is 6.07 Å². The van der Waals surface area contributed by atoms with Crippen molar-refractivity contribution < 1.29 is 9.53 Å². The molecule has 0 fully saturated rings. The molecule has 1 heterocycles. The molecule has 0 aliphatic carbocycles. The number of carbonyl (C=O) groups excluding carboxylic acids is 1. The van der Waals surface area contributed by atoms with E-state index in [1.165, 1.54) is 0 Å². The quantitative estimate of drug-likeness (QED) is 0.877. The summed E-state index contributed by atoms with van der Waals surface area (Å²) in [5.74, 6) is 0. The number of nitrogens with one attached hydrogen (secondary N) is 2. The normalized spacial score (nSPS) is 11.2. The van der Waals surface area contributed by atoms with E-state index in [0.29, 0.717) is 10.7 Å². The number of amides is 1. The predicted octanol–water partition coefficient (Wildman–Crippen LogP) is 4.08. The van der Waals surface area contributed by atoms with Crippen molar-refractivity contribution in [1.29, 1.82) is 0 Å². The Morgan fingerprint density at radius 3 is 2.65 bits per heavy atom. The lowest BCUT2D eigenvalue weighted by Crippen LogP contribution is -2.27. The number of hydrogen-bond donors (Lipinski definition) is 2. The highest BCUT2D eigenvalue weighted by Crippen LogP contribution is 2.29. The molecule has 1 amide bonds. The highest BCUT2D eigenvalue weighted by Gasteiger charge is 2.16. The minimum Gasteiger partial charge on any atom is -0.444 e. The highest BCUT2D eigenvalue weighted by atomic mass is 35.5. The standard InChI is InChI=1S/C14H16ClN3O2/c1-14(2,3)20-13(19)17-9-4-5-10(11(15)8-9)12-6-7-16-18-12/h4-8H,1-3H3,(H,16,18)(H,17,19). The van der Waals surface area contributed by atoms with Crippen LogP contribution in [0.2, 0.25) is 5.02 Å². The zero-order chi connectivity index (χ0) is 14.8. The number of benzene rings is 1. The molecule has 2 N–H and O–H groups in total. The number of nitrogens with zero attached hydrogens (tertiary/aromatic N) is 1. The van der Waals surface area contributed by atoms with Gasteiger partial charge in [-0.1, -0.05) is 11.6 Å². The number of anilines is 1. The topological polar surface area (TPSA) is 67.0 Å². The minimum absolute atomic E-state index is 0.505. The molecule has 1 aromatic carbocycles. The molecule has 0 unspecified atom stereocenters. The Hall–Kier alpha value is -2.01. The van der Waals surface area contributed by atoms with E-state index >= 15 is 0 Å². The zero-order valence-electron chi connectivity index (χ0n) is 11.5. The fraction of sp³-hybridized carbons (Fsp3) is 0.286. The molecular weight excluding hydrogens is 278 g/mol. The van der Waals surface area contributed by atoms with E-state index in [1.54, 1.807) is 45.2 Å². The summed E-state index contributed by atoms with van der Waals surface area (Å²) in [5.41, 5.74) is 1.58. The number of carbonyl (C=O) groups is 1. The van der Waals surface area contributed by atoms with Gasteiger partial charge >= 0.3 is 6.09 Å². The van der Waals surface area contributed by atoms with Crippen LogP contribution in [0.5, 0.6) is 0 Å². The van der Waals surface area contributed by atoms with E-state index in [2.05, 4.69) is 15.5 Å². The first-order valence-electron chi connectivity index (χ1n) is 6.15. The van der Waals surface area contributed by atoms with Crippen LogP contribution >= 0.6 is 11.6 Å². The van der Waals surface area contributed by atoms with Gasteiger partial charge in [0.15, 0.2) is 0 Å². The number of hydrogen-bond acceptors (Lipinski definition) is 3. The minimum atomic E-state index is -0.539. The first-order valence-corrected chi connectivity index (χ1v) is 6.53. The van der Waals surface area contributed by atoms with Crippen molar-refractivity contribution in [2.75, 3.05) is 5.32 Å². The van der Waals surface area contributed by atoms with E-state index in [0.717, 1.165) is 11.3 Å². The molecule has 2 aromatic rings. The van der Waals surface area contributed by atoms with Crippen LogP contribution in [-0.4, -0.2) is 21.9 Å². The maximum absolute atomic E-state index is 11.7. The predicted molar refractivity (Wildman–Crippen MR) is 78.9 cm³/mol. The first-order chi connectivity index (χ1) is 9.35. The Morgan fingerprint density at radius 2 is 2.10 bits per heavy atom. The lowest BCUT2D eigenvalue weighted by atomic mass is 10.1. The summed E-state index contributed by atoms with van der Waals surface area (Å²) in [4.78, 5) is 11.7. The number of aromatic amines is 1. The highest BCUT2D eigenvalue weighted by molar-refractivity contribution is 6.33. The van der Waals surface area contributed by atoms with Crippen molar-refractivity contribution in [2.45, 2.75) is 26.4 Å². The van der Waals surface area contributed by atoms with Crippen LogP contribution < -0.4 is 5.32 Å². The summed E-state index contributed by atoms with van der Waals surface area (Å²) in [6.07, 6.45) is 1.21. The van der Waals surface area contributed by atoms with Gasteiger partial charge in [-0.2, -0.15) is 5.10 Å². The molecule has 0 aliphatic heterocycles. The van der Waals surface area contributed by atoms with Crippen LogP contribution in [0.3, 0.4) is 0 Å². The summed E-state index contributed by atoms with van der Waals surface area (Å²) < 4.78 is 5.17. The van der Waals surface area contributed by atoms with E-state index in [4.69, 9.17) is 16.3 Å². The molecule has 106 valence electrons. The molecule has 0 saturated heterocycles. The molecule has 5 nitrogen and oxygen atoms in total. The Bertz CT molecular complexity index is 603. The number of H-pyrrole nitrogens is 1. The Balaban J connectivity index is 2.12. The molecule has 0 saturated carbocycles. The third-order valence-electron chi connectivity index (χ3n) is 2.39. The van der Waals surface area contributed by atoms with E-state index in [9.17, 15) is 4.79 Å². The van der Waals surface area contributed by atoms with Crippen LogP contribution in [0.25, 0.3) is 11.3 Å². The van der Waals surface area contributed by atoms with Crippen molar-refractivity contribution in [3.63, 3.8) is 0 Å². The van der Waals surface area contributed by atoms with Crippen molar-refractivity contribution in [3.05, 3.63) is 35.5 Å². The molecule has 0 radical (unpaired) electrons. The van der Waals surface area contributed by atoms with Gasteiger partial charge in [0.1, 0.15) is 5.60 Å². The third-order valence-corrected chi connectivity index (χ3v) is 2.70. The van der Waals surface area contributed by atoms with Gasteiger partial charge in [-0.15, -0.1) is 0 Å². The number of rotatable bonds is 2. The first kappa shape index (κ1) is 14.4. The van der Waals surface area contributed by atoms with Crippen molar-refractivity contribution in [3.8, 4) is 11.3 Å². The molecule has 0 spiro atoms. The summed E-state index contributed by atoms with van der Waals surface area (Å²) in [5, 5.41) is 9.94. The molecule has 0 aliphatic rings. The fourth-order valence-electron chi connectivity index (χ4n) is 1.63. The largest absolute Gasteiger partial charge is 0.444 e. The van der Waals surface area contributed by atoms with Gasteiger partial charge in [0.05, 0.1) is 10.7 Å². The molecular formula is C14H16ClN3O2. The number of halogens is 1. The molecule has 1 aromatic heterocycles. The second-order valence-corrected chi connectivity index (χ2v) is 5.69. The van der Waals surface area contributed by atoms with Gasteiger partial charge in [-0.3, -0.25) is 10.4 Å². The maximum atomic E-state index is 11.7. The summed E-state index contributed by atoms with van der Waals surface area (Å²) in [6.45, 7) is 5.42. The van der Waals surface area contributed by atoms with Gasteiger partial charge in [0.2, 0.25) is 0 Å². The molecule has 0 atom stereocenters. The average Bonchev–Trinajstić information content (AvgIpc) is 2.79. The number of ether oxygens (including phenoxy) is 1. The summed E-state index contributed by atoms with van der Waals surface area (Å²) in [7, 11) is 0. The summed E-state index contributed by atoms with van der Waals surface area (Å²) in [6, 6.07) is 7.03. The van der Waals surface area contributed by atoms with Gasteiger partial charge in [0, 0.05) is 17.4 Å². The molecule has 2 rings (SSSR count). The van der Waals surface area contributed by atoms with Crippen LogP contribution in [0.4, 0.5) is 10.5 Å². The van der Waals surface area contributed by atoms with Crippen molar-refractivity contribution in [2.24, 2.45) is 0 Å². The van der Waals surface area contributed by atoms with Gasteiger partial charge in [-0.05, 0) is 45.0 Å². The fourth-order valence-corrected chi connectivity index (χ4v) is 1.91. The summed E-state index contributed by atoms with van der Waals surface area (Å²) >= 11 is 6.19. The average molecular weight is 294 g/mol. The zero-order valence-corrected chi connectivity index (χ0v) is 12.3. The third kappa shape index (κ3) is 3.74. The second kappa shape index (κ2) is 5.54. The Labute approximate surface area is 122 Å². The van der Waals surface area contributed by atoms with Crippen molar-refractivity contribution >= 4 is 23.4 Å². The lowest BCUT2D eigenvalue weighted by molar-refractivity contribution is 0.0636. The lowest BCUT2D eigenvalue weighted by Gasteiger charge is -2.19. The molecule has 20 heavy (non-hydrogen) atoms. The molecule has 6 heteroatoms. The maximum Gasteiger partial charge on any atom is 0.412 e. The van der Waals surface area contributed by atoms with Gasteiger partial charge in [-0.25, -0.2) is 4.79 Å². The van der Waals surface area contributed by atoms with Crippen LogP contribution in [-0.2, 0) is 4.74 Å². The smallest absolute Gasteiger partial charge is 0.412 e. The van der Waals surface area contributed by atoms with Gasteiger partial charge < -0.3 is 4.74 Å². The molecule has 0 bridgehead atoms. The monoisotopic (exact) mass is 293 g/mol. The van der Waals surface area contributed by atoms with Gasteiger partial charge in [0.25, 0.3) is 0 Å². The van der Waals surface area contributed by atoms with E-state index < -0.39 is 11.7 Å². The van der Waals surface area contributed by atoms with Crippen LogP contribution in [0, 0.1) is 0 Å². The van der Waals surface area contributed by atoms with Crippen LogP contribution in [0.15, 0.2) is 30.5 Å². The Kier molecular flexibility index (Phi) is 3.99. The Morgan fingerprint density at radius 1 is 1.35 bits per heavy atom. The van der Waals surface area contributed by atoms with Crippen LogP contribution in [0.1, 0.15) is 20.8 Å².